The zero-order valence-electron chi connectivity index (χ0n) is 24.8. The van der Waals surface area contributed by atoms with Crippen molar-refractivity contribution in [3.8, 4) is 5.75 Å². The molecule has 3 rings (SSSR count). The van der Waals surface area contributed by atoms with Gasteiger partial charge in [-0.1, -0.05) is 62.4 Å². The zero-order chi connectivity index (χ0) is 30.7. The zero-order valence-corrected chi connectivity index (χ0v) is 24.8. The number of amides is 3. The molecule has 0 saturated carbocycles. The molecule has 0 heterocycles. The average molecular weight is 577 g/mol. The molecule has 42 heavy (non-hydrogen) atoms. The van der Waals surface area contributed by atoms with E-state index < -0.39 is 29.3 Å². The standard InChI is InChI=1S/C33H44N4O5/c1-4-14-37(15-5-2)32(41)33(19-25(30(34)39)18-26(20-33)31(35)40)28(17-23-10-7-6-8-11-23)29(38)22-36-21-24-12-9-13-27(16-24)42-3/h6-13,16,18-19,28-29,36,38H,4-5,14-15,17,20-22H2,1-3H3,(H2,34,39)(H2,35,40)/t28-,29+,33?/m1/s1. The summed E-state index contributed by atoms with van der Waals surface area (Å²) in [5, 5.41) is 15.2. The third-order valence-electron chi connectivity index (χ3n) is 7.74. The quantitative estimate of drug-likeness (QED) is 0.242. The number of carbonyl (C=O) groups excluding carboxylic acids is 3. The van der Waals surface area contributed by atoms with Crippen LogP contribution in [0.1, 0.15) is 44.2 Å². The number of ether oxygens (including phenoxy) is 1. The monoisotopic (exact) mass is 576 g/mol. The number of nitrogens with zero attached hydrogens (tertiary/aromatic N) is 1. The molecule has 0 saturated heterocycles. The second kappa shape index (κ2) is 15.3. The van der Waals surface area contributed by atoms with Crippen LogP contribution in [0.4, 0.5) is 0 Å². The van der Waals surface area contributed by atoms with Crippen molar-refractivity contribution >= 4 is 17.7 Å². The van der Waals surface area contributed by atoms with Crippen LogP contribution in [0.15, 0.2) is 77.9 Å². The molecule has 1 aliphatic carbocycles. The molecule has 0 aliphatic heterocycles. The summed E-state index contributed by atoms with van der Waals surface area (Å²) < 4.78 is 5.32. The van der Waals surface area contributed by atoms with Crippen molar-refractivity contribution in [1.82, 2.24) is 10.2 Å². The van der Waals surface area contributed by atoms with E-state index in [1.54, 1.807) is 18.1 Å². The number of rotatable bonds is 16. The van der Waals surface area contributed by atoms with Crippen molar-refractivity contribution in [2.24, 2.45) is 22.8 Å². The van der Waals surface area contributed by atoms with Crippen molar-refractivity contribution < 1.29 is 24.2 Å². The van der Waals surface area contributed by atoms with Gasteiger partial charge in [-0.05, 0) is 55.0 Å². The van der Waals surface area contributed by atoms with Gasteiger partial charge in [-0.2, -0.15) is 0 Å². The van der Waals surface area contributed by atoms with Crippen molar-refractivity contribution in [2.75, 3.05) is 26.7 Å². The number of hydrogen-bond acceptors (Lipinski definition) is 6. The van der Waals surface area contributed by atoms with Crippen LogP contribution >= 0.6 is 0 Å². The van der Waals surface area contributed by atoms with E-state index in [-0.39, 0.29) is 30.0 Å². The van der Waals surface area contributed by atoms with Crippen LogP contribution in [0.5, 0.6) is 5.75 Å². The average Bonchev–Trinajstić information content (AvgIpc) is 2.99. The molecule has 1 aliphatic rings. The maximum Gasteiger partial charge on any atom is 0.248 e. The van der Waals surface area contributed by atoms with Gasteiger partial charge in [0.15, 0.2) is 0 Å². The fraction of sp³-hybridized carbons (Fsp3) is 0.424. The van der Waals surface area contributed by atoms with Gasteiger partial charge in [-0.15, -0.1) is 0 Å². The highest BCUT2D eigenvalue weighted by Crippen LogP contribution is 2.45. The van der Waals surface area contributed by atoms with Crippen LogP contribution in [0.3, 0.4) is 0 Å². The van der Waals surface area contributed by atoms with Gasteiger partial charge < -0.3 is 31.5 Å². The highest BCUT2D eigenvalue weighted by molar-refractivity contribution is 6.03. The molecule has 2 aromatic carbocycles. The topological polar surface area (TPSA) is 148 Å². The summed E-state index contributed by atoms with van der Waals surface area (Å²) in [6.07, 6.45) is 3.61. The van der Waals surface area contributed by atoms with E-state index in [2.05, 4.69) is 5.32 Å². The van der Waals surface area contributed by atoms with Gasteiger partial charge in [-0.25, -0.2) is 0 Å². The minimum absolute atomic E-state index is 0.0333. The molecule has 9 heteroatoms. The van der Waals surface area contributed by atoms with E-state index in [9.17, 15) is 19.5 Å². The number of aliphatic hydroxyl groups excluding tert-OH is 1. The molecule has 2 aromatic rings. The Hall–Kier alpha value is -3.95. The minimum atomic E-state index is -1.44. The number of primary amides is 2. The van der Waals surface area contributed by atoms with E-state index in [1.165, 1.54) is 6.08 Å². The van der Waals surface area contributed by atoms with Crippen molar-refractivity contribution in [2.45, 2.75) is 52.2 Å². The fourth-order valence-electron chi connectivity index (χ4n) is 5.73. The Balaban J connectivity index is 2.10. The lowest BCUT2D eigenvalue weighted by atomic mass is 9.62. The summed E-state index contributed by atoms with van der Waals surface area (Å²) in [5.74, 6) is -1.76. The largest absolute Gasteiger partial charge is 0.497 e. The summed E-state index contributed by atoms with van der Waals surface area (Å²) in [4.78, 5) is 41.5. The number of aliphatic hydroxyl groups is 1. The number of methoxy groups -OCH3 is 1. The van der Waals surface area contributed by atoms with Crippen LogP contribution < -0.4 is 21.5 Å². The van der Waals surface area contributed by atoms with E-state index in [4.69, 9.17) is 16.2 Å². The number of hydrogen-bond donors (Lipinski definition) is 4. The predicted molar refractivity (Wildman–Crippen MR) is 163 cm³/mol. The Morgan fingerprint density at radius 2 is 1.67 bits per heavy atom. The van der Waals surface area contributed by atoms with Crippen LogP contribution in [0.2, 0.25) is 0 Å². The highest BCUT2D eigenvalue weighted by Gasteiger charge is 2.51. The summed E-state index contributed by atoms with van der Waals surface area (Å²) >= 11 is 0. The summed E-state index contributed by atoms with van der Waals surface area (Å²) in [6, 6.07) is 17.2. The second-order valence-corrected chi connectivity index (χ2v) is 10.9. The smallest absolute Gasteiger partial charge is 0.248 e. The van der Waals surface area contributed by atoms with E-state index in [0.29, 0.717) is 26.1 Å². The number of nitrogens with one attached hydrogen (secondary N) is 1. The van der Waals surface area contributed by atoms with Gasteiger partial charge in [0.05, 0.1) is 18.6 Å². The summed E-state index contributed by atoms with van der Waals surface area (Å²) in [6.45, 7) is 5.57. The van der Waals surface area contributed by atoms with Gasteiger partial charge in [0.25, 0.3) is 0 Å². The predicted octanol–water partition coefficient (Wildman–Crippen LogP) is 2.87. The van der Waals surface area contributed by atoms with Crippen molar-refractivity contribution in [1.29, 1.82) is 0 Å². The Labute approximate surface area is 248 Å². The minimum Gasteiger partial charge on any atom is -0.497 e. The molecule has 0 aromatic heterocycles. The van der Waals surface area contributed by atoms with E-state index >= 15 is 0 Å². The Morgan fingerprint density at radius 1 is 1.00 bits per heavy atom. The first-order valence-electron chi connectivity index (χ1n) is 14.5. The summed E-state index contributed by atoms with van der Waals surface area (Å²) in [7, 11) is 1.61. The summed E-state index contributed by atoms with van der Waals surface area (Å²) in [5.41, 5.74) is 12.1. The van der Waals surface area contributed by atoms with E-state index in [1.807, 2.05) is 68.4 Å². The normalized spacial score (nSPS) is 17.9. The van der Waals surface area contributed by atoms with E-state index in [0.717, 1.165) is 29.7 Å². The second-order valence-electron chi connectivity index (χ2n) is 10.9. The molecule has 9 nitrogen and oxygen atoms in total. The van der Waals surface area contributed by atoms with Crippen LogP contribution in [0, 0.1) is 11.3 Å². The van der Waals surface area contributed by atoms with Crippen molar-refractivity contribution in [3.05, 3.63) is 89.0 Å². The maximum atomic E-state index is 14.6. The molecule has 226 valence electrons. The van der Waals surface area contributed by atoms with Gasteiger partial charge in [0.1, 0.15) is 5.75 Å². The molecule has 3 atom stereocenters. The molecule has 6 N–H and O–H groups in total. The Kier molecular flexibility index (Phi) is 11.9. The van der Waals surface area contributed by atoms with Crippen LogP contribution in [-0.4, -0.2) is 60.6 Å². The molecule has 0 fully saturated rings. The molecular formula is C33H44N4O5. The van der Waals surface area contributed by atoms with Crippen LogP contribution in [0.25, 0.3) is 0 Å². The molecular weight excluding hydrogens is 532 g/mol. The van der Waals surface area contributed by atoms with Crippen molar-refractivity contribution in [3.63, 3.8) is 0 Å². The fourth-order valence-corrected chi connectivity index (χ4v) is 5.73. The van der Waals surface area contributed by atoms with Crippen LogP contribution in [-0.2, 0) is 27.3 Å². The Morgan fingerprint density at radius 3 is 2.26 bits per heavy atom. The highest BCUT2D eigenvalue weighted by atomic mass is 16.5. The lowest BCUT2D eigenvalue weighted by Crippen LogP contribution is -2.54. The third-order valence-corrected chi connectivity index (χ3v) is 7.74. The van der Waals surface area contributed by atoms with Gasteiger partial charge in [-0.3, -0.25) is 14.4 Å². The SMILES string of the molecule is CCCN(CCC)C(=O)C1([C@H](Cc2ccccc2)[C@@H](O)CNCc2cccc(OC)c2)C=C(C(N)=O)C=C(C(N)=O)C1. The first kappa shape index (κ1) is 32.6. The molecule has 3 amide bonds. The number of benzene rings is 2. The van der Waals surface area contributed by atoms with Gasteiger partial charge >= 0.3 is 0 Å². The number of nitrogens with two attached hydrogens (primary N) is 2. The van der Waals surface area contributed by atoms with Gasteiger partial charge in [0, 0.05) is 43.2 Å². The maximum absolute atomic E-state index is 14.6. The molecule has 1 unspecified atom stereocenters. The first-order valence-corrected chi connectivity index (χ1v) is 14.5. The number of carbonyl (C=O) groups is 3. The molecule has 0 radical (unpaired) electrons. The third kappa shape index (κ3) is 8.08. The molecule has 0 spiro atoms. The van der Waals surface area contributed by atoms with Gasteiger partial charge in [0.2, 0.25) is 17.7 Å². The molecule has 0 bridgehead atoms. The Bertz CT molecular complexity index is 1290. The lowest BCUT2D eigenvalue weighted by Gasteiger charge is -2.45. The lowest BCUT2D eigenvalue weighted by molar-refractivity contribution is -0.145. The first-order chi connectivity index (χ1) is 20.1.